The van der Waals surface area contributed by atoms with Gasteiger partial charge in [-0.15, -0.1) is 0 Å². The first-order valence-corrected chi connectivity index (χ1v) is 9.12. The number of rotatable bonds is 5. The van der Waals surface area contributed by atoms with E-state index < -0.39 is 6.16 Å². The van der Waals surface area contributed by atoms with Gasteiger partial charge in [0.25, 0.3) is 0 Å². The minimum Gasteiger partial charge on any atom is -0.460 e. The van der Waals surface area contributed by atoms with Gasteiger partial charge in [0.15, 0.2) is 0 Å². The molecule has 0 aliphatic heterocycles. The third-order valence-electron chi connectivity index (χ3n) is 3.85. The van der Waals surface area contributed by atoms with Crippen molar-refractivity contribution >= 4 is 12.1 Å². The van der Waals surface area contributed by atoms with Crippen molar-refractivity contribution in [2.24, 2.45) is 5.92 Å². The Morgan fingerprint density at radius 1 is 1.00 bits per heavy atom. The summed E-state index contributed by atoms with van der Waals surface area (Å²) in [5.41, 5.74) is 0.898. The minimum atomic E-state index is -0.689. The molecule has 0 bridgehead atoms. The Balaban J connectivity index is 0.000000508. The maximum Gasteiger partial charge on any atom is 0.513 e. The summed E-state index contributed by atoms with van der Waals surface area (Å²) in [7, 11) is 1.29. The van der Waals surface area contributed by atoms with E-state index in [2.05, 4.69) is 18.6 Å². The Hall–Kier alpha value is -2.04. The second-order valence-corrected chi connectivity index (χ2v) is 7.28. The largest absolute Gasteiger partial charge is 0.513 e. The molecular weight excluding hydrogens is 332 g/mol. The lowest BCUT2D eigenvalue weighted by Crippen LogP contribution is -2.27. The van der Waals surface area contributed by atoms with Crippen LogP contribution in [-0.4, -0.2) is 24.8 Å². The molecule has 5 heteroatoms. The van der Waals surface area contributed by atoms with E-state index in [1.807, 2.05) is 46.8 Å². The number of methoxy groups -OCH3 is 1. The lowest BCUT2D eigenvalue weighted by Gasteiger charge is -2.21. The van der Waals surface area contributed by atoms with Crippen LogP contribution in [0.5, 0.6) is 5.75 Å². The van der Waals surface area contributed by atoms with E-state index in [1.165, 1.54) is 12.7 Å². The Labute approximate surface area is 158 Å². The molecule has 1 aromatic carbocycles. The Morgan fingerprint density at radius 2 is 1.54 bits per heavy atom. The topological polar surface area (TPSA) is 61.8 Å². The summed E-state index contributed by atoms with van der Waals surface area (Å²) in [6.07, 6.45) is 1.25. The molecule has 2 atom stereocenters. The molecule has 0 radical (unpaired) electrons. The van der Waals surface area contributed by atoms with Gasteiger partial charge in [0, 0.05) is 0 Å². The van der Waals surface area contributed by atoms with Crippen molar-refractivity contribution in [3.8, 4) is 5.75 Å². The van der Waals surface area contributed by atoms with Gasteiger partial charge in [-0.1, -0.05) is 39.8 Å². The fourth-order valence-corrected chi connectivity index (χ4v) is 1.81. The molecule has 5 nitrogen and oxygen atoms in total. The van der Waals surface area contributed by atoms with Gasteiger partial charge in [0.1, 0.15) is 11.4 Å². The molecule has 0 saturated heterocycles. The van der Waals surface area contributed by atoms with Gasteiger partial charge < -0.3 is 14.2 Å². The van der Waals surface area contributed by atoms with Crippen LogP contribution in [0.15, 0.2) is 24.3 Å². The van der Waals surface area contributed by atoms with E-state index in [4.69, 9.17) is 9.47 Å². The summed E-state index contributed by atoms with van der Waals surface area (Å²) in [6, 6.07) is 7.48. The molecule has 0 saturated carbocycles. The average molecular weight is 366 g/mol. The quantitative estimate of drug-likeness (QED) is 0.492. The van der Waals surface area contributed by atoms with Crippen LogP contribution in [0.4, 0.5) is 4.79 Å². The van der Waals surface area contributed by atoms with Crippen molar-refractivity contribution in [2.75, 3.05) is 7.11 Å². The highest BCUT2D eigenvalue weighted by Crippen LogP contribution is 2.21. The van der Waals surface area contributed by atoms with E-state index in [9.17, 15) is 9.59 Å². The van der Waals surface area contributed by atoms with Crippen LogP contribution >= 0.6 is 0 Å². The van der Waals surface area contributed by atoms with Crippen molar-refractivity contribution in [1.82, 2.24) is 0 Å². The van der Waals surface area contributed by atoms with Crippen molar-refractivity contribution < 1.29 is 23.8 Å². The summed E-state index contributed by atoms with van der Waals surface area (Å²) in [4.78, 5) is 22.0. The van der Waals surface area contributed by atoms with Gasteiger partial charge >= 0.3 is 12.1 Å². The van der Waals surface area contributed by atoms with Gasteiger partial charge in [-0.2, -0.15) is 0 Å². The third-order valence-corrected chi connectivity index (χ3v) is 3.85. The van der Waals surface area contributed by atoms with Gasteiger partial charge in [-0.25, -0.2) is 4.79 Å². The first-order valence-electron chi connectivity index (χ1n) is 9.12. The maximum absolute atomic E-state index is 11.2. The van der Waals surface area contributed by atoms with Crippen LogP contribution in [0.1, 0.15) is 72.8 Å². The second kappa shape index (κ2) is 11.6. The van der Waals surface area contributed by atoms with Crippen LogP contribution in [0, 0.1) is 5.92 Å². The van der Waals surface area contributed by atoms with Crippen LogP contribution in [0.25, 0.3) is 0 Å². The summed E-state index contributed by atoms with van der Waals surface area (Å²) < 4.78 is 14.4. The number of carbonyl (C=O) groups is 2. The van der Waals surface area contributed by atoms with Crippen LogP contribution in [0.2, 0.25) is 0 Å². The Bertz CT molecular complexity index is 543. The van der Waals surface area contributed by atoms with Crippen LogP contribution in [0.3, 0.4) is 0 Å². The molecule has 0 aromatic heterocycles. The maximum atomic E-state index is 11.2. The molecule has 0 aliphatic rings. The van der Waals surface area contributed by atoms with E-state index in [0.29, 0.717) is 11.7 Å². The predicted octanol–water partition coefficient (Wildman–Crippen LogP) is 5.72. The van der Waals surface area contributed by atoms with Gasteiger partial charge in [-0.05, 0) is 57.2 Å². The average Bonchev–Trinajstić information content (AvgIpc) is 2.59. The van der Waals surface area contributed by atoms with Crippen molar-refractivity contribution in [3.63, 3.8) is 0 Å². The zero-order chi connectivity index (χ0) is 20.3. The number of ether oxygens (including phenoxy) is 3. The normalized spacial score (nSPS) is 12.9. The van der Waals surface area contributed by atoms with E-state index in [0.717, 1.165) is 12.8 Å². The zero-order valence-electron chi connectivity index (χ0n) is 17.4. The highest BCUT2D eigenvalue weighted by atomic mass is 16.7. The van der Waals surface area contributed by atoms with E-state index >= 15 is 0 Å². The summed E-state index contributed by atoms with van der Waals surface area (Å²) >= 11 is 0. The molecule has 148 valence electrons. The molecule has 1 rings (SSSR count). The standard InChI is InChI=1S/C12H16O3.C9H18O2/c1-4-9(2)10-5-7-11(8-6-10)15-12(13)14-3;1-6-7(2)8(10)11-9(3,4)5/h5-9H,4H2,1-3H3;7H,6H2,1-5H3. The van der Waals surface area contributed by atoms with E-state index in [-0.39, 0.29) is 17.5 Å². The van der Waals surface area contributed by atoms with Gasteiger partial charge in [-0.3, -0.25) is 4.79 Å². The van der Waals surface area contributed by atoms with Crippen LogP contribution in [-0.2, 0) is 14.3 Å². The molecule has 0 spiro atoms. The molecule has 0 heterocycles. The lowest BCUT2D eigenvalue weighted by molar-refractivity contribution is -0.159. The monoisotopic (exact) mass is 366 g/mol. The highest BCUT2D eigenvalue weighted by molar-refractivity contribution is 5.72. The van der Waals surface area contributed by atoms with E-state index in [1.54, 1.807) is 12.1 Å². The molecule has 1 aromatic rings. The fraction of sp³-hybridized carbons (Fsp3) is 0.619. The highest BCUT2D eigenvalue weighted by Gasteiger charge is 2.19. The van der Waals surface area contributed by atoms with Crippen LogP contribution < -0.4 is 4.74 Å². The Kier molecular flexibility index (Phi) is 10.6. The summed E-state index contributed by atoms with van der Waals surface area (Å²) in [6.45, 7) is 13.8. The molecule has 0 amide bonds. The predicted molar refractivity (Wildman–Crippen MR) is 103 cm³/mol. The summed E-state index contributed by atoms with van der Waals surface area (Å²) in [5, 5.41) is 0. The Morgan fingerprint density at radius 3 is 1.92 bits per heavy atom. The number of esters is 1. The zero-order valence-corrected chi connectivity index (χ0v) is 17.4. The number of carbonyl (C=O) groups excluding carboxylic acids is 2. The molecular formula is C21H34O5. The number of hydrogen-bond acceptors (Lipinski definition) is 5. The molecule has 0 fully saturated rings. The van der Waals surface area contributed by atoms with Crippen molar-refractivity contribution in [2.45, 2.75) is 72.8 Å². The van der Waals surface area contributed by atoms with Gasteiger partial charge in [0.2, 0.25) is 0 Å². The minimum absolute atomic E-state index is 0.0224. The first kappa shape index (κ1) is 24.0. The molecule has 2 unspecified atom stereocenters. The molecule has 0 aliphatic carbocycles. The molecule has 26 heavy (non-hydrogen) atoms. The number of hydrogen-bond donors (Lipinski definition) is 0. The summed E-state index contributed by atoms with van der Waals surface area (Å²) in [5.74, 6) is 0.959. The smallest absolute Gasteiger partial charge is 0.460 e. The second-order valence-electron chi connectivity index (χ2n) is 7.28. The SMILES string of the molecule is CCC(C)C(=O)OC(C)(C)C.CCC(C)c1ccc(OC(=O)OC)cc1. The molecule has 0 N–H and O–H groups in total. The fourth-order valence-electron chi connectivity index (χ4n) is 1.81. The number of benzene rings is 1. The lowest BCUT2D eigenvalue weighted by atomic mass is 9.99. The van der Waals surface area contributed by atoms with Crippen molar-refractivity contribution in [1.29, 1.82) is 0 Å². The third kappa shape index (κ3) is 10.1. The first-order chi connectivity index (χ1) is 12.0. The van der Waals surface area contributed by atoms with Crippen molar-refractivity contribution in [3.05, 3.63) is 29.8 Å². The van der Waals surface area contributed by atoms with Gasteiger partial charge in [0.05, 0.1) is 13.0 Å².